The van der Waals surface area contributed by atoms with Gasteiger partial charge in [0.25, 0.3) is 5.91 Å². The molecule has 1 fully saturated rings. The first-order valence-electron chi connectivity index (χ1n) is 10.7. The number of hydrogen-bond acceptors (Lipinski definition) is 5. The number of benzene rings is 1. The van der Waals surface area contributed by atoms with Crippen LogP contribution in [0.1, 0.15) is 35.5 Å². The minimum atomic E-state index is -0.386. The van der Waals surface area contributed by atoms with Crippen molar-refractivity contribution in [1.29, 1.82) is 0 Å². The fourth-order valence-corrected chi connectivity index (χ4v) is 5.11. The third-order valence-electron chi connectivity index (χ3n) is 6.24. The Kier molecular flexibility index (Phi) is 5.29. The van der Waals surface area contributed by atoms with Gasteiger partial charge < -0.3 is 14.4 Å². The minimum Gasteiger partial charge on any atom is -0.496 e. The van der Waals surface area contributed by atoms with Crippen molar-refractivity contribution in [3.8, 4) is 22.7 Å². The molecule has 0 atom stereocenters. The van der Waals surface area contributed by atoms with Gasteiger partial charge in [-0.2, -0.15) is 5.10 Å². The van der Waals surface area contributed by atoms with Gasteiger partial charge in [0.1, 0.15) is 5.75 Å². The number of ether oxygens (including phenoxy) is 2. The van der Waals surface area contributed by atoms with Gasteiger partial charge >= 0.3 is 0 Å². The normalized spacial score (nSPS) is 16.9. The first kappa shape index (κ1) is 21.2. The summed E-state index contributed by atoms with van der Waals surface area (Å²) in [6, 6.07) is 7.97. The lowest BCUT2D eigenvalue weighted by molar-refractivity contribution is -0.0373. The summed E-state index contributed by atoms with van der Waals surface area (Å²) in [5, 5.41) is 4.87. The maximum absolute atomic E-state index is 13.8. The van der Waals surface area contributed by atoms with E-state index in [-0.39, 0.29) is 11.4 Å². The largest absolute Gasteiger partial charge is 0.496 e. The van der Waals surface area contributed by atoms with Crippen molar-refractivity contribution in [2.75, 3.05) is 26.9 Å². The fourth-order valence-electron chi connectivity index (χ4n) is 4.60. The summed E-state index contributed by atoms with van der Waals surface area (Å²) in [7, 11) is 1.67. The van der Waals surface area contributed by atoms with Crippen molar-refractivity contribution in [3.05, 3.63) is 58.0 Å². The molecular formula is C24H25BrN4O3. The highest BCUT2D eigenvalue weighted by molar-refractivity contribution is 9.10. The number of halogens is 1. The molecule has 0 saturated carbocycles. The second kappa shape index (κ2) is 8.01. The lowest BCUT2D eigenvalue weighted by Gasteiger charge is -2.41. The smallest absolute Gasteiger partial charge is 0.275 e. The molecule has 1 amide bonds. The molecule has 1 aliphatic heterocycles. The van der Waals surface area contributed by atoms with Gasteiger partial charge in [-0.05, 0) is 72.4 Å². The lowest BCUT2D eigenvalue weighted by atomic mass is 9.88. The zero-order valence-corrected chi connectivity index (χ0v) is 20.0. The van der Waals surface area contributed by atoms with Crippen molar-refractivity contribution >= 4 is 21.8 Å². The monoisotopic (exact) mass is 496 g/mol. The molecule has 32 heavy (non-hydrogen) atoms. The van der Waals surface area contributed by atoms with Gasteiger partial charge in [0.2, 0.25) is 0 Å². The molecule has 3 aromatic rings. The number of methoxy groups -OCH3 is 1. The van der Waals surface area contributed by atoms with Gasteiger partial charge in [0, 0.05) is 23.9 Å². The van der Waals surface area contributed by atoms with Crippen molar-refractivity contribution < 1.29 is 14.3 Å². The predicted molar refractivity (Wildman–Crippen MR) is 124 cm³/mol. The Morgan fingerprint density at radius 2 is 2.12 bits per heavy atom. The second-order valence-corrected chi connectivity index (χ2v) is 9.62. The summed E-state index contributed by atoms with van der Waals surface area (Å²) < 4.78 is 13.9. The van der Waals surface area contributed by atoms with Gasteiger partial charge in [-0.3, -0.25) is 9.78 Å². The molecule has 1 aromatic carbocycles. The van der Waals surface area contributed by atoms with Crippen LogP contribution in [0.25, 0.3) is 16.9 Å². The van der Waals surface area contributed by atoms with Gasteiger partial charge in [-0.25, -0.2) is 4.68 Å². The Labute approximate surface area is 195 Å². The predicted octanol–water partition coefficient (Wildman–Crippen LogP) is 4.06. The van der Waals surface area contributed by atoms with Crippen molar-refractivity contribution in [2.24, 2.45) is 0 Å². The molecule has 0 N–H and O–H groups in total. The van der Waals surface area contributed by atoms with Crippen molar-refractivity contribution in [1.82, 2.24) is 19.7 Å². The molecule has 5 rings (SSSR count). The Hall–Kier alpha value is -2.71. The molecular weight excluding hydrogens is 472 g/mol. The molecule has 1 saturated heterocycles. The number of aromatic nitrogens is 3. The molecule has 0 radical (unpaired) electrons. The summed E-state index contributed by atoms with van der Waals surface area (Å²) in [6.07, 6.45) is 5.06. The van der Waals surface area contributed by atoms with Crippen LogP contribution in [-0.2, 0) is 17.6 Å². The molecule has 2 aliphatic rings. The van der Waals surface area contributed by atoms with E-state index in [0.29, 0.717) is 25.5 Å². The Morgan fingerprint density at radius 1 is 1.28 bits per heavy atom. The van der Waals surface area contributed by atoms with E-state index >= 15 is 0 Å². The fraction of sp³-hybridized carbons (Fsp3) is 0.375. The number of morpholine rings is 1. The molecule has 1 aliphatic carbocycles. The van der Waals surface area contributed by atoms with E-state index in [4.69, 9.17) is 14.6 Å². The van der Waals surface area contributed by atoms with Crippen LogP contribution in [0.15, 0.2) is 41.1 Å². The van der Waals surface area contributed by atoms with Crippen LogP contribution in [0.4, 0.5) is 0 Å². The van der Waals surface area contributed by atoms with E-state index in [9.17, 15) is 4.79 Å². The van der Waals surface area contributed by atoms with Gasteiger partial charge in [-0.15, -0.1) is 0 Å². The summed E-state index contributed by atoms with van der Waals surface area (Å²) in [5.74, 6) is 0.749. The van der Waals surface area contributed by atoms with Crippen LogP contribution >= 0.6 is 15.9 Å². The first-order chi connectivity index (χ1) is 15.4. The molecule has 0 bridgehead atoms. The van der Waals surface area contributed by atoms with Crippen molar-refractivity contribution in [2.45, 2.75) is 32.2 Å². The van der Waals surface area contributed by atoms with Crippen LogP contribution in [0.2, 0.25) is 0 Å². The van der Waals surface area contributed by atoms with E-state index in [1.807, 2.05) is 35.6 Å². The number of hydrogen-bond donors (Lipinski definition) is 0. The zero-order valence-electron chi connectivity index (χ0n) is 18.4. The van der Waals surface area contributed by atoms with Crippen LogP contribution in [0.3, 0.4) is 0 Å². The van der Waals surface area contributed by atoms with E-state index in [1.165, 1.54) is 5.56 Å². The Morgan fingerprint density at radius 3 is 2.84 bits per heavy atom. The molecule has 2 aromatic heterocycles. The highest BCUT2D eigenvalue weighted by atomic mass is 79.9. The number of fused-ring (bicyclic) bond motifs is 3. The lowest BCUT2D eigenvalue weighted by Crippen LogP contribution is -2.55. The Balaban J connectivity index is 1.70. The molecule has 3 heterocycles. The second-order valence-electron chi connectivity index (χ2n) is 8.76. The van der Waals surface area contributed by atoms with Gasteiger partial charge in [-0.1, -0.05) is 0 Å². The zero-order chi connectivity index (χ0) is 22.5. The number of amides is 1. The number of carbonyl (C=O) groups is 1. The van der Waals surface area contributed by atoms with E-state index in [2.05, 4.69) is 33.0 Å². The molecule has 7 nitrogen and oxygen atoms in total. The number of rotatable bonds is 3. The van der Waals surface area contributed by atoms with E-state index in [1.54, 1.807) is 19.5 Å². The topological polar surface area (TPSA) is 69.5 Å². The standard InChI is InChI=1S/C24H25BrN4O3/c1-24(2)14-32-10-9-28(24)23(30)21-17-7-6-15-11-20(31-3)19(25)12-18(15)22(17)29(27-21)16-5-4-8-26-13-16/h4-5,8,11-13H,6-7,9-10,14H2,1-3H3. The average Bonchev–Trinajstić information content (AvgIpc) is 3.19. The summed E-state index contributed by atoms with van der Waals surface area (Å²) in [5.41, 5.74) is 5.09. The third-order valence-corrected chi connectivity index (χ3v) is 6.86. The van der Waals surface area contributed by atoms with Gasteiger partial charge in [0.05, 0.1) is 47.9 Å². The van der Waals surface area contributed by atoms with Crippen molar-refractivity contribution in [3.63, 3.8) is 0 Å². The van der Waals surface area contributed by atoms with Crippen LogP contribution < -0.4 is 4.74 Å². The minimum absolute atomic E-state index is 0.0479. The quantitative estimate of drug-likeness (QED) is 0.546. The number of nitrogens with zero attached hydrogens (tertiary/aromatic N) is 4. The summed E-state index contributed by atoms with van der Waals surface area (Å²) in [6.45, 7) is 5.68. The third kappa shape index (κ3) is 3.42. The highest BCUT2D eigenvalue weighted by Crippen LogP contribution is 2.42. The molecule has 166 valence electrons. The average molecular weight is 497 g/mol. The molecule has 0 spiro atoms. The van der Waals surface area contributed by atoms with Crippen LogP contribution in [-0.4, -0.2) is 58.0 Å². The van der Waals surface area contributed by atoms with Crippen LogP contribution in [0.5, 0.6) is 5.75 Å². The van der Waals surface area contributed by atoms with Crippen LogP contribution in [0, 0.1) is 0 Å². The number of aryl methyl sites for hydroxylation is 1. The summed E-state index contributed by atoms with van der Waals surface area (Å²) >= 11 is 3.63. The SMILES string of the molecule is COc1cc2c(cc1Br)-c1c(c(C(=O)N3CCOCC3(C)C)nn1-c1cccnc1)CC2. The number of pyridine rings is 1. The van der Waals surface area contributed by atoms with Gasteiger partial charge in [0.15, 0.2) is 5.69 Å². The van der Waals surface area contributed by atoms with E-state index < -0.39 is 0 Å². The van der Waals surface area contributed by atoms with E-state index in [0.717, 1.165) is 45.6 Å². The highest BCUT2D eigenvalue weighted by Gasteiger charge is 2.38. The molecule has 8 heteroatoms. The maximum atomic E-state index is 13.8. The number of carbonyl (C=O) groups excluding carboxylic acids is 1. The molecule has 0 unspecified atom stereocenters. The summed E-state index contributed by atoms with van der Waals surface area (Å²) in [4.78, 5) is 19.9. The Bertz CT molecular complexity index is 1190. The first-order valence-corrected chi connectivity index (χ1v) is 11.5. The maximum Gasteiger partial charge on any atom is 0.275 e.